The zero-order valence-electron chi connectivity index (χ0n) is 24.2. The number of rotatable bonds is 11. The van der Waals surface area contributed by atoms with Gasteiger partial charge in [0.05, 0.1) is 23.9 Å². The minimum Gasteiger partial charge on any atom is -0.447 e. The number of cyclic esters (lactones) is 2. The molecule has 4 atom stereocenters. The molecule has 43 heavy (non-hydrogen) atoms. The number of hydrogen-bond donors (Lipinski definition) is 0. The number of nitrogens with zero attached hydrogens (tertiary/aromatic N) is 2. The molecule has 2 aliphatic heterocycles. The van der Waals surface area contributed by atoms with Gasteiger partial charge in [0.1, 0.15) is 13.2 Å². The fraction of sp³-hybridized carbons (Fsp3) is 0.314. The van der Waals surface area contributed by atoms with E-state index < -0.39 is 36.1 Å². The molecule has 0 aromatic heterocycles. The molecule has 0 bridgehead atoms. The molecule has 8 heteroatoms. The van der Waals surface area contributed by atoms with Crippen molar-refractivity contribution in [2.24, 2.45) is 11.8 Å². The molecule has 3 aromatic rings. The summed E-state index contributed by atoms with van der Waals surface area (Å²) >= 11 is 0. The smallest absolute Gasteiger partial charge is 0.417 e. The van der Waals surface area contributed by atoms with E-state index in [1.54, 1.807) is 12.2 Å². The van der Waals surface area contributed by atoms with Gasteiger partial charge in [-0.3, -0.25) is 9.59 Å². The first kappa shape index (κ1) is 29.8. The summed E-state index contributed by atoms with van der Waals surface area (Å²) in [7, 11) is 0. The van der Waals surface area contributed by atoms with Crippen LogP contribution in [0, 0.1) is 11.8 Å². The van der Waals surface area contributed by atoms with Gasteiger partial charge in [-0.1, -0.05) is 110 Å². The largest absolute Gasteiger partial charge is 0.447 e. The van der Waals surface area contributed by atoms with Gasteiger partial charge in [-0.15, -0.1) is 0 Å². The van der Waals surface area contributed by atoms with Crippen molar-refractivity contribution >= 4 is 24.0 Å². The van der Waals surface area contributed by atoms with E-state index >= 15 is 0 Å². The van der Waals surface area contributed by atoms with Gasteiger partial charge in [-0.25, -0.2) is 19.4 Å². The molecule has 222 valence electrons. The maximum Gasteiger partial charge on any atom is 0.417 e. The van der Waals surface area contributed by atoms with E-state index in [0.717, 1.165) is 16.7 Å². The zero-order chi connectivity index (χ0) is 30.2. The number of benzene rings is 3. The van der Waals surface area contributed by atoms with Crippen molar-refractivity contribution in [1.82, 2.24) is 9.80 Å². The summed E-state index contributed by atoms with van der Waals surface area (Å²) in [5.74, 6) is -2.12. The van der Waals surface area contributed by atoms with Crippen LogP contribution in [0.5, 0.6) is 0 Å². The molecular weight excluding hydrogens is 544 g/mol. The second-order valence-electron chi connectivity index (χ2n) is 11.0. The van der Waals surface area contributed by atoms with E-state index in [1.165, 1.54) is 9.80 Å². The third-order valence-corrected chi connectivity index (χ3v) is 7.97. The van der Waals surface area contributed by atoms with Crippen LogP contribution in [0.3, 0.4) is 0 Å². The fourth-order valence-corrected chi connectivity index (χ4v) is 5.66. The van der Waals surface area contributed by atoms with Crippen molar-refractivity contribution in [3.63, 3.8) is 0 Å². The Labute approximate surface area is 251 Å². The first-order valence-corrected chi connectivity index (χ1v) is 14.7. The summed E-state index contributed by atoms with van der Waals surface area (Å²) in [6.45, 7) is 2.12. The number of carbonyl (C=O) groups excluding carboxylic acids is 4. The maximum atomic E-state index is 14.0. The van der Waals surface area contributed by atoms with E-state index in [1.807, 2.05) is 97.9 Å². The third kappa shape index (κ3) is 7.20. The summed E-state index contributed by atoms with van der Waals surface area (Å²) in [6, 6.07) is 28.0. The second kappa shape index (κ2) is 14.0. The van der Waals surface area contributed by atoms with E-state index in [2.05, 4.69) is 0 Å². The molecular formula is C35H36N2O6. The summed E-state index contributed by atoms with van der Waals surface area (Å²) in [6.07, 6.45) is 3.83. The molecule has 2 heterocycles. The lowest BCUT2D eigenvalue weighted by Gasteiger charge is -2.25. The highest BCUT2D eigenvalue weighted by molar-refractivity contribution is 5.97. The average Bonchev–Trinajstić information content (AvgIpc) is 3.58. The Hall–Kier alpha value is -4.72. The van der Waals surface area contributed by atoms with Crippen molar-refractivity contribution in [3.05, 3.63) is 120 Å². The molecule has 2 aliphatic rings. The van der Waals surface area contributed by atoms with Gasteiger partial charge in [-0.05, 0) is 42.4 Å². The quantitative estimate of drug-likeness (QED) is 0.274. The van der Waals surface area contributed by atoms with Gasteiger partial charge in [-0.2, -0.15) is 0 Å². The highest BCUT2D eigenvalue weighted by Gasteiger charge is 2.42. The van der Waals surface area contributed by atoms with E-state index in [4.69, 9.17) is 9.47 Å². The predicted molar refractivity (Wildman–Crippen MR) is 161 cm³/mol. The van der Waals surface area contributed by atoms with Crippen LogP contribution in [0.25, 0.3) is 0 Å². The Morgan fingerprint density at radius 3 is 1.51 bits per heavy atom. The molecule has 2 fully saturated rings. The molecule has 0 saturated carbocycles. The molecule has 0 radical (unpaired) electrons. The topological polar surface area (TPSA) is 93.2 Å². The normalized spacial score (nSPS) is 19.7. The Morgan fingerprint density at radius 1 is 0.674 bits per heavy atom. The zero-order valence-corrected chi connectivity index (χ0v) is 24.2. The molecule has 1 unspecified atom stereocenters. The highest BCUT2D eigenvalue weighted by Crippen LogP contribution is 2.25. The van der Waals surface area contributed by atoms with E-state index in [0.29, 0.717) is 25.7 Å². The summed E-state index contributed by atoms with van der Waals surface area (Å²) in [5, 5.41) is 0. The van der Waals surface area contributed by atoms with Gasteiger partial charge in [0, 0.05) is 0 Å². The van der Waals surface area contributed by atoms with Gasteiger partial charge in [0.2, 0.25) is 11.8 Å². The minimum atomic E-state index is -0.723. The van der Waals surface area contributed by atoms with Crippen LogP contribution >= 0.6 is 0 Å². The molecule has 0 aliphatic carbocycles. The van der Waals surface area contributed by atoms with Crippen LogP contribution in [0.2, 0.25) is 0 Å². The van der Waals surface area contributed by atoms with Crippen LogP contribution < -0.4 is 0 Å². The first-order valence-electron chi connectivity index (χ1n) is 14.7. The SMILES string of the molecule is CC[C@@H](/C=C/[C@H](Cc1ccccc1)C(=O)N1C(=O)OCC1Cc1ccccc1)C(=O)N1C(=O)OC[C@@H]1Cc1ccccc1. The lowest BCUT2D eigenvalue weighted by molar-refractivity contribution is -0.133. The maximum absolute atomic E-state index is 14.0. The molecule has 8 nitrogen and oxygen atoms in total. The molecule has 3 aromatic carbocycles. The van der Waals surface area contributed by atoms with Crippen LogP contribution in [-0.4, -0.2) is 59.1 Å². The van der Waals surface area contributed by atoms with Crippen molar-refractivity contribution < 1.29 is 28.7 Å². The monoisotopic (exact) mass is 580 g/mol. The average molecular weight is 581 g/mol. The van der Waals surface area contributed by atoms with E-state index in [9.17, 15) is 19.2 Å². The number of hydrogen-bond acceptors (Lipinski definition) is 6. The van der Waals surface area contributed by atoms with Crippen LogP contribution in [0.15, 0.2) is 103 Å². The number of carbonyl (C=O) groups is 4. The summed E-state index contributed by atoms with van der Waals surface area (Å²) in [4.78, 5) is 55.6. The van der Waals surface area contributed by atoms with Crippen LogP contribution in [0.4, 0.5) is 9.59 Å². The number of amides is 4. The number of ether oxygens (including phenoxy) is 2. The Balaban J connectivity index is 1.37. The van der Waals surface area contributed by atoms with Gasteiger partial charge < -0.3 is 9.47 Å². The van der Waals surface area contributed by atoms with Gasteiger partial charge >= 0.3 is 12.2 Å². The van der Waals surface area contributed by atoms with Crippen molar-refractivity contribution in [2.45, 2.75) is 44.7 Å². The predicted octanol–water partition coefficient (Wildman–Crippen LogP) is 5.61. The minimum absolute atomic E-state index is 0.122. The first-order chi connectivity index (χ1) is 20.9. The van der Waals surface area contributed by atoms with Crippen LogP contribution in [-0.2, 0) is 38.3 Å². The van der Waals surface area contributed by atoms with Crippen molar-refractivity contribution in [2.75, 3.05) is 13.2 Å². The third-order valence-electron chi connectivity index (χ3n) is 7.97. The van der Waals surface area contributed by atoms with Crippen molar-refractivity contribution in [3.8, 4) is 0 Å². The molecule has 5 rings (SSSR count). The van der Waals surface area contributed by atoms with Crippen molar-refractivity contribution in [1.29, 1.82) is 0 Å². The standard InChI is InChI=1S/C35H36N2O6/c1-2-28(32(38)36-30(23-42-34(36)40)21-26-14-8-4-9-15-26)18-19-29(20-25-12-6-3-7-13-25)33(39)37-31(24-43-35(37)41)22-27-16-10-5-11-17-27/h3-19,28-31H,2,20-24H2,1H3/b19-18+/t28-,29+,30-,31?/m0/s1. The molecule has 0 N–H and O–H groups in total. The lowest BCUT2D eigenvalue weighted by Crippen LogP contribution is -2.44. The molecule has 0 spiro atoms. The number of imide groups is 2. The Bertz CT molecular complexity index is 1440. The Morgan fingerprint density at radius 2 is 1.07 bits per heavy atom. The molecule has 4 amide bonds. The van der Waals surface area contributed by atoms with Gasteiger partial charge in [0.15, 0.2) is 0 Å². The fourth-order valence-electron chi connectivity index (χ4n) is 5.66. The highest BCUT2D eigenvalue weighted by atomic mass is 16.6. The van der Waals surface area contributed by atoms with Gasteiger partial charge in [0.25, 0.3) is 0 Å². The Kier molecular flexibility index (Phi) is 9.66. The molecule has 2 saturated heterocycles. The lowest BCUT2D eigenvalue weighted by atomic mass is 9.93. The van der Waals surface area contributed by atoms with Crippen LogP contribution in [0.1, 0.15) is 30.0 Å². The van der Waals surface area contributed by atoms with E-state index in [-0.39, 0.29) is 25.0 Å². The second-order valence-corrected chi connectivity index (χ2v) is 11.0. The summed E-state index contributed by atoms with van der Waals surface area (Å²) < 4.78 is 10.6. The summed E-state index contributed by atoms with van der Waals surface area (Å²) in [5.41, 5.74) is 2.92.